The highest BCUT2D eigenvalue weighted by Crippen LogP contribution is 2.28. The SMILES string of the molecule is COCCC(C)C(N)c1ccoc1Cl. The van der Waals surface area contributed by atoms with Crippen molar-refractivity contribution in [3.05, 3.63) is 23.1 Å². The summed E-state index contributed by atoms with van der Waals surface area (Å²) in [7, 11) is 1.68. The van der Waals surface area contributed by atoms with Crippen molar-refractivity contribution in [1.29, 1.82) is 0 Å². The van der Waals surface area contributed by atoms with Crippen molar-refractivity contribution in [3.63, 3.8) is 0 Å². The zero-order valence-electron chi connectivity index (χ0n) is 8.50. The van der Waals surface area contributed by atoms with Crippen LogP contribution >= 0.6 is 11.6 Å². The molecule has 80 valence electrons. The van der Waals surface area contributed by atoms with E-state index in [1.165, 1.54) is 0 Å². The molecule has 0 amide bonds. The van der Waals surface area contributed by atoms with Gasteiger partial charge in [0.2, 0.25) is 0 Å². The van der Waals surface area contributed by atoms with E-state index < -0.39 is 0 Å². The van der Waals surface area contributed by atoms with Gasteiger partial charge in [-0.25, -0.2) is 0 Å². The van der Waals surface area contributed by atoms with Crippen molar-refractivity contribution in [3.8, 4) is 0 Å². The van der Waals surface area contributed by atoms with Gasteiger partial charge >= 0.3 is 0 Å². The average Bonchev–Trinajstić information content (AvgIpc) is 2.59. The number of hydrogen-bond acceptors (Lipinski definition) is 3. The highest BCUT2D eigenvalue weighted by molar-refractivity contribution is 6.29. The fraction of sp³-hybridized carbons (Fsp3) is 0.600. The molecule has 0 saturated carbocycles. The monoisotopic (exact) mass is 217 g/mol. The first-order chi connectivity index (χ1) is 6.66. The second-order valence-electron chi connectivity index (χ2n) is 3.43. The van der Waals surface area contributed by atoms with E-state index >= 15 is 0 Å². The van der Waals surface area contributed by atoms with Crippen LogP contribution in [0.25, 0.3) is 0 Å². The van der Waals surface area contributed by atoms with Gasteiger partial charge in [0.05, 0.1) is 6.26 Å². The minimum atomic E-state index is -0.0867. The lowest BCUT2D eigenvalue weighted by Crippen LogP contribution is -2.20. The van der Waals surface area contributed by atoms with Gasteiger partial charge in [0.25, 0.3) is 0 Å². The van der Waals surface area contributed by atoms with E-state index in [2.05, 4.69) is 6.92 Å². The standard InChI is InChI=1S/C10H16ClNO2/c1-7(3-5-13-2)9(12)8-4-6-14-10(8)11/h4,6-7,9H,3,5,12H2,1-2H3. The molecule has 0 spiro atoms. The second-order valence-corrected chi connectivity index (χ2v) is 3.78. The van der Waals surface area contributed by atoms with Gasteiger partial charge < -0.3 is 14.9 Å². The lowest BCUT2D eigenvalue weighted by molar-refractivity contribution is 0.174. The molecule has 2 atom stereocenters. The highest BCUT2D eigenvalue weighted by atomic mass is 35.5. The molecule has 1 aromatic heterocycles. The molecule has 0 aliphatic rings. The lowest BCUT2D eigenvalue weighted by atomic mass is 9.95. The summed E-state index contributed by atoms with van der Waals surface area (Å²) in [6, 6.07) is 1.73. The van der Waals surface area contributed by atoms with Crippen LogP contribution in [0.4, 0.5) is 0 Å². The van der Waals surface area contributed by atoms with Crippen molar-refractivity contribution in [2.45, 2.75) is 19.4 Å². The molecule has 0 aromatic carbocycles. The molecule has 4 heteroatoms. The molecule has 0 bridgehead atoms. The summed E-state index contributed by atoms with van der Waals surface area (Å²) < 4.78 is 9.99. The van der Waals surface area contributed by atoms with Gasteiger partial charge in [0.15, 0.2) is 5.22 Å². The van der Waals surface area contributed by atoms with Gasteiger partial charge in [-0.05, 0) is 30.0 Å². The molecule has 0 radical (unpaired) electrons. The predicted molar refractivity (Wildman–Crippen MR) is 56.3 cm³/mol. The first kappa shape index (κ1) is 11.6. The van der Waals surface area contributed by atoms with Crippen molar-refractivity contribution in [2.24, 2.45) is 11.7 Å². The Morgan fingerprint density at radius 2 is 2.36 bits per heavy atom. The zero-order chi connectivity index (χ0) is 10.6. The molecule has 0 fully saturated rings. The minimum absolute atomic E-state index is 0.0867. The van der Waals surface area contributed by atoms with Crippen LogP contribution in [0.3, 0.4) is 0 Å². The van der Waals surface area contributed by atoms with E-state index in [0.717, 1.165) is 12.0 Å². The smallest absolute Gasteiger partial charge is 0.197 e. The van der Waals surface area contributed by atoms with Crippen LogP contribution in [0, 0.1) is 5.92 Å². The number of rotatable bonds is 5. The topological polar surface area (TPSA) is 48.4 Å². The van der Waals surface area contributed by atoms with Gasteiger partial charge in [-0.15, -0.1) is 0 Å². The molecular weight excluding hydrogens is 202 g/mol. The number of furan rings is 1. The third-order valence-electron chi connectivity index (χ3n) is 2.40. The molecule has 0 saturated heterocycles. The van der Waals surface area contributed by atoms with Crippen molar-refractivity contribution in [2.75, 3.05) is 13.7 Å². The summed E-state index contributed by atoms with van der Waals surface area (Å²) in [6.45, 7) is 2.79. The maximum absolute atomic E-state index is 6.02. The van der Waals surface area contributed by atoms with Crippen molar-refractivity contribution >= 4 is 11.6 Å². The Morgan fingerprint density at radius 1 is 1.64 bits per heavy atom. The second kappa shape index (κ2) is 5.39. The summed E-state index contributed by atoms with van der Waals surface area (Å²) in [5.41, 5.74) is 6.90. The third kappa shape index (κ3) is 2.74. The fourth-order valence-electron chi connectivity index (χ4n) is 1.33. The van der Waals surface area contributed by atoms with Crippen LogP contribution in [-0.2, 0) is 4.74 Å². The Kier molecular flexibility index (Phi) is 4.45. The summed E-state index contributed by atoms with van der Waals surface area (Å²) in [4.78, 5) is 0. The first-order valence-corrected chi connectivity index (χ1v) is 5.02. The number of hydrogen-bond donors (Lipinski definition) is 1. The van der Waals surface area contributed by atoms with Crippen LogP contribution in [0.15, 0.2) is 16.7 Å². The van der Waals surface area contributed by atoms with Gasteiger partial charge in [-0.1, -0.05) is 6.92 Å². The highest BCUT2D eigenvalue weighted by Gasteiger charge is 2.18. The normalized spacial score (nSPS) is 15.4. The van der Waals surface area contributed by atoms with E-state index in [-0.39, 0.29) is 6.04 Å². The first-order valence-electron chi connectivity index (χ1n) is 4.64. The van der Waals surface area contributed by atoms with Gasteiger partial charge in [-0.3, -0.25) is 0 Å². The number of halogens is 1. The van der Waals surface area contributed by atoms with E-state index in [1.54, 1.807) is 13.4 Å². The molecular formula is C10H16ClNO2. The molecule has 0 aliphatic heterocycles. The molecule has 1 rings (SSSR count). The average molecular weight is 218 g/mol. The van der Waals surface area contributed by atoms with Crippen LogP contribution in [0.5, 0.6) is 0 Å². The summed E-state index contributed by atoms with van der Waals surface area (Å²) in [6.07, 6.45) is 2.47. The number of methoxy groups -OCH3 is 1. The minimum Gasteiger partial charge on any atom is -0.453 e. The molecule has 1 aromatic rings. The lowest BCUT2D eigenvalue weighted by Gasteiger charge is -2.18. The Bertz CT molecular complexity index is 275. The van der Waals surface area contributed by atoms with Crippen LogP contribution < -0.4 is 5.73 Å². The molecule has 3 nitrogen and oxygen atoms in total. The molecule has 0 aliphatic carbocycles. The van der Waals surface area contributed by atoms with Gasteiger partial charge in [0.1, 0.15) is 0 Å². The molecule has 1 heterocycles. The Morgan fingerprint density at radius 3 is 2.86 bits per heavy atom. The van der Waals surface area contributed by atoms with Crippen LogP contribution in [0.2, 0.25) is 5.22 Å². The predicted octanol–water partition coefficient (Wildman–Crippen LogP) is 2.61. The van der Waals surface area contributed by atoms with E-state index in [0.29, 0.717) is 17.7 Å². The number of ether oxygens (including phenoxy) is 1. The maximum Gasteiger partial charge on any atom is 0.197 e. The molecule has 14 heavy (non-hydrogen) atoms. The number of nitrogens with two attached hydrogens (primary N) is 1. The maximum atomic E-state index is 6.02. The summed E-state index contributed by atoms with van der Waals surface area (Å²) in [5.74, 6) is 0.324. The van der Waals surface area contributed by atoms with Crippen molar-refractivity contribution < 1.29 is 9.15 Å². The van der Waals surface area contributed by atoms with Gasteiger partial charge in [-0.2, -0.15) is 0 Å². The summed E-state index contributed by atoms with van der Waals surface area (Å²) >= 11 is 5.83. The van der Waals surface area contributed by atoms with Gasteiger partial charge in [0, 0.05) is 25.3 Å². The van der Waals surface area contributed by atoms with Crippen LogP contribution in [0.1, 0.15) is 24.9 Å². The van der Waals surface area contributed by atoms with E-state index in [9.17, 15) is 0 Å². The fourth-order valence-corrected chi connectivity index (χ4v) is 1.57. The zero-order valence-corrected chi connectivity index (χ0v) is 9.25. The Labute approximate surface area is 89.2 Å². The van der Waals surface area contributed by atoms with Crippen molar-refractivity contribution in [1.82, 2.24) is 0 Å². The van der Waals surface area contributed by atoms with Crippen LogP contribution in [-0.4, -0.2) is 13.7 Å². The largest absolute Gasteiger partial charge is 0.453 e. The molecule has 2 N–H and O–H groups in total. The summed E-state index contributed by atoms with van der Waals surface area (Å²) in [5, 5.41) is 0.391. The quantitative estimate of drug-likeness (QED) is 0.825. The third-order valence-corrected chi connectivity index (χ3v) is 2.70. The van der Waals surface area contributed by atoms with E-state index in [1.807, 2.05) is 6.07 Å². The molecule has 2 unspecified atom stereocenters. The Hall–Kier alpha value is -0.510. The Balaban J connectivity index is 2.56. The van der Waals surface area contributed by atoms with E-state index in [4.69, 9.17) is 26.5 Å².